The van der Waals surface area contributed by atoms with Crippen molar-refractivity contribution in [2.24, 2.45) is 5.92 Å². The average molecular weight is 524 g/mol. The molecule has 0 N–H and O–H groups in total. The van der Waals surface area contributed by atoms with Crippen molar-refractivity contribution >= 4 is 0 Å². The zero-order valence-corrected chi connectivity index (χ0v) is 17.8. The third-order valence-electron chi connectivity index (χ3n) is 4.64. The average Bonchev–Trinajstić information content (AvgIpc) is 2.59. The van der Waals surface area contributed by atoms with Gasteiger partial charge >= 0.3 is 41.6 Å². The van der Waals surface area contributed by atoms with Crippen molar-refractivity contribution in [1.29, 1.82) is 0 Å². The smallest absolute Gasteiger partial charge is 0.368 e. The van der Waals surface area contributed by atoms with Crippen molar-refractivity contribution < 1.29 is 70.9 Å². The Hall–Kier alpha value is -1.06. The van der Waals surface area contributed by atoms with E-state index in [2.05, 4.69) is 9.47 Å². The monoisotopic (exact) mass is 524 g/mol. The van der Waals surface area contributed by atoms with E-state index >= 15 is 0 Å². The van der Waals surface area contributed by atoms with Gasteiger partial charge in [0.1, 0.15) is 13.2 Å². The van der Waals surface area contributed by atoms with Crippen LogP contribution in [-0.2, 0) is 9.47 Å². The van der Waals surface area contributed by atoms with Crippen molar-refractivity contribution in [2.45, 2.75) is 88.3 Å². The van der Waals surface area contributed by atoms with Crippen molar-refractivity contribution in [2.75, 3.05) is 13.2 Å². The Morgan fingerprint density at radius 1 is 0.606 bits per heavy atom. The van der Waals surface area contributed by atoms with Gasteiger partial charge in [-0.05, 0) is 20.3 Å². The van der Waals surface area contributed by atoms with Gasteiger partial charge in [-0.15, -0.1) is 0 Å². The maximum absolute atomic E-state index is 13.6. The van der Waals surface area contributed by atoms with E-state index in [1.807, 2.05) is 0 Å². The van der Waals surface area contributed by atoms with Crippen molar-refractivity contribution in [3.63, 3.8) is 0 Å². The first-order valence-corrected chi connectivity index (χ1v) is 9.09. The van der Waals surface area contributed by atoms with Gasteiger partial charge in [-0.25, -0.2) is 0 Å². The molecule has 0 aromatic carbocycles. The Morgan fingerprint density at radius 2 is 1.00 bits per heavy atom. The first-order chi connectivity index (χ1) is 14.2. The van der Waals surface area contributed by atoms with Gasteiger partial charge in [0.25, 0.3) is 0 Å². The summed E-state index contributed by atoms with van der Waals surface area (Å²) >= 11 is 0. The standard InChI is InChI=1S/C17H22F14O2/c1-6-10(4,5)33-17(30,31)12(20,21)8-32-7-11(18,19)14(24,25)16(28,29)15(26,27)13(22,23)9(2)3/h9H,6-8H2,1-5H3. The van der Waals surface area contributed by atoms with Crippen LogP contribution in [0.2, 0.25) is 0 Å². The Morgan fingerprint density at radius 3 is 1.36 bits per heavy atom. The summed E-state index contributed by atoms with van der Waals surface area (Å²) in [5, 5.41) is 0. The van der Waals surface area contributed by atoms with Gasteiger partial charge in [0.15, 0.2) is 0 Å². The number of alkyl halides is 14. The molecule has 200 valence electrons. The zero-order valence-electron chi connectivity index (χ0n) is 17.8. The normalized spacial score (nSPS) is 16.0. The molecule has 16 heteroatoms. The quantitative estimate of drug-likeness (QED) is 0.236. The minimum absolute atomic E-state index is 0.216. The molecule has 0 fully saturated rings. The molecule has 33 heavy (non-hydrogen) atoms. The lowest BCUT2D eigenvalue weighted by Crippen LogP contribution is -2.69. The Balaban J connectivity index is 5.71. The second kappa shape index (κ2) is 9.19. The number of ether oxygens (including phenoxy) is 2. The number of hydrogen-bond donors (Lipinski definition) is 0. The lowest BCUT2D eigenvalue weighted by Gasteiger charge is -2.40. The van der Waals surface area contributed by atoms with Crippen LogP contribution in [0.3, 0.4) is 0 Å². The summed E-state index contributed by atoms with van der Waals surface area (Å²) in [4.78, 5) is 0. The molecule has 0 amide bonds. The van der Waals surface area contributed by atoms with E-state index in [4.69, 9.17) is 0 Å². The summed E-state index contributed by atoms with van der Waals surface area (Å²) in [5.41, 5.74) is -1.89. The molecule has 0 aliphatic heterocycles. The summed E-state index contributed by atoms with van der Waals surface area (Å²) < 4.78 is 197. The fraction of sp³-hybridized carbons (Fsp3) is 1.00. The molecule has 0 aliphatic rings. The van der Waals surface area contributed by atoms with Crippen LogP contribution in [0.15, 0.2) is 0 Å². The lowest BCUT2D eigenvalue weighted by atomic mass is 9.89. The van der Waals surface area contributed by atoms with Crippen LogP contribution in [0.4, 0.5) is 61.5 Å². The third kappa shape index (κ3) is 5.78. The van der Waals surface area contributed by atoms with Gasteiger partial charge in [0.05, 0.1) is 5.60 Å². The van der Waals surface area contributed by atoms with E-state index in [0.29, 0.717) is 0 Å². The van der Waals surface area contributed by atoms with E-state index in [9.17, 15) is 61.5 Å². The molecule has 0 bridgehead atoms. The molecule has 0 aromatic rings. The SMILES string of the molecule is CCC(C)(C)OC(F)(F)C(F)(F)COCC(F)(F)C(F)(F)C(F)(F)C(F)(F)C(F)(F)C(C)C. The van der Waals surface area contributed by atoms with Gasteiger partial charge in [0.2, 0.25) is 0 Å². The largest absolute Gasteiger partial charge is 0.422 e. The maximum Gasteiger partial charge on any atom is 0.422 e. The molecule has 0 radical (unpaired) electrons. The second-order valence-corrected chi connectivity index (χ2v) is 8.13. The van der Waals surface area contributed by atoms with Gasteiger partial charge in [-0.2, -0.15) is 61.5 Å². The lowest BCUT2D eigenvalue weighted by molar-refractivity contribution is -0.413. The van der Waals surface area contributed by atoms with E-state index in [0.717, 1.165) is 13.8 Å². The van der Waals surface area contributed by atoms with Crippen LogP contribution in [-0.4, -0.2) is 60.5 Å². The Kier molecular flexibility index (Phi) is 8.89. The van der Waals surface area contributed by atoms with Crippen LogP contribution in [0.1, 0.15) is 41.0 Å². The molecule has 0 rings (SSSR count). The van der Waals surface area contributed by atoms with E-state index in [1.165, 1.54) is 6.92 Å². The van der Waals surface area contributed by atoms with Crippen LogP contribution < -0.4 is 0 Å². The van der Waals surface area contributed by atoms with Crippen molar-refractivity contribution in [3.05, 3.63) is 0 Å². The molecule has 0 spiro atoms. The minimum atomic E-state index is -7.42. The number of rotatable bonds is 13. The molecule has 0 saturated carbocycles. The van der Waals surface area contributed by atoms with Crippen molar-refractivity contribution in [1.82, 2.24) is 0 Å². The predicted octanol–water partition coefficient (Wildman–Crippen LogP) is 7.27. The molecule has 0 atom stereocenters. The van der Waals surface area contributed by atoms with E-state index < -0.39 is 66.4 Å². The highest BCUT2D eigenvalue weighted by Gasteiger charge is 2.86. The summed E-state index contributed by atoms with van der Waals surface area (Å²) in [7, 11) is 0. The van der Waals surface area contributed by atoms with Crippen LogP contribution in [0.25, 0.3) is 0 Å². The van der Waals surface area contributed by atoms with Gasteiger partial charge in [-0.1, -0.05) is 20.8 Å². The molecule has 0 saturated heterocycles. The Labute approximate surface area is 179 Å². The highest BCUT2D eigenvalue weighted by molar-refractivity contribution is 5.09. The van der Waals surface area contributed by atoms with Crippen LogP contribution >= 0.6 is 0 Å². The Bertz CT molecular complexity index is 658. The summed E-state index contributed by atoms with van der Waals surface area (Å²) in [5.74, 6) is -42.3. The van der Waals surface area contributed by atoms with Gasteiger partial charge in [0, 0.05) is 5.92 Å². The molecule has 2 nitrogen and oxygen atoms in total. The highest BCUT2D eigenvalue weighted by atomic mass is 19.4. The minimum Gasteiger partial charge on any atom is -0.368 e. The fourth-order valence-electron chi connectivity index (χ4n) is 1.97. The fourth-order valence-corrected chi connectivity index (χ4v) is 1.97. The zero-order chi connectivity index (χ0) is 27.1. The first-order valence-electron chi connectivity index (χ1n) is 9.09. The summed E-state index contributed by atoms with van der Waals surface area (Å²) in [6.45, 7) is -2.48. The first kappa shape index (κ1) is 31.9. The molecule has 0 aliphatic carbocycles. The van der Waals surface area contributed by atoms with Crippen LogP contribution in [0.5, 0.6) is 0 Å². The topological polar surface area (TPSA) is 18.5 Å². The van der Waals surface area contributed by atoms with Gasteiger partial charge in [-0.3, -0.25) is 0 Å². The van der Waals surface area contributed by atoms with Gasteiger partial charge < -0.3 is 9.47 Å². The molecule has 0 aromatic heterocycles. The maximum atomic E-state index is 13.6. The summed E-state index contributed by atoms with van der Waals surface area (Å²) in [6.07, 6.45) is -5.67. The summed E-state index contributed by atoms with van der Waals surface area (Å²) in [6, 6.07) is 0. The predicted molar refractivity (Wildman–Crippen MR) is 85.7 cm³/mol. The molecule has 0 heterocycles. The van der Waals surface area contributed by atoms with Crippen molar-refractivity contribution in [3.8, 4) is 0 Å². The second-order valence-electron chi connectivity index (χ2n) is 8.13. The van der Waals surface area contributed by atoms with E-state index in [-0.39, 0.29) is 20.3 Å². The van der Waals surface area contributed by atoms with Crippen LogP contribution in [0, 0.1) is 5.92 Å². The highest BCUT2D eigenvalue weighted by Crippen LogP contribution is 2.58. The number of hydrogen-bond acceptors (Lipinski definition) is 2. The molecule has 0 unspecified atom stereocenters. The van der Waals surface area contributed by atoms with E-state index in [1.54, 1.807) is 0 Å². The third-order valence-corrected chi connectivity index (χ3v) is 4.64. The molecular formula is C17H22F14O2. The molecular weight excluding hydrogens is 502 g/mol. The number of halogens is 14.